The highest BCUT2D eigenvalue weighted by atomic mass is 16.3. The average Bonchev–Trinajstić information content (AvgIpc) is 2.47. The molecule has 0 atom stereocenters. The summed E-state index contributed by atoms with van der Waals surface area (Å²) in [7, 11) is 0. The lowest BCUT2D eigenvalue weighted by atomic mass is 10.1. The minimum Gasteiger partial charge on any atom is -0.508 e. The summed E-state index contributed by atoms with van der Waals surface area (Å²) in [5, 5.41) is 12.1. The molecular weight excluding hydrogens is 174 g/mol. The van der Waals surface area contributed by atoms with Gasteiger partial charge in [-0.15, -0.1) is 0 Å². The van der Waals surface area contributed by atoms with Crippen molar-refractivity contribution < 1.29 is 5.11 Å². The van der Waals surface area contributed by atoms with E-state index in [-0.39, 0.29) is 0 Å². The first-order valence-corrected chi connectivity index (χ1v) is 4.45. The molecule has 1 aliphatic rings. The quantitative estimate of drug-likeness (QED) is 0.704. The number of phenols is 1. The van der Waals surface area contributed by atoms with Crippen LogP contribution >= 0.6 is 0 Å². The monoisotopic (exact) mass is 185 g/mol. The average molecular weight is 185 g/mol. The number of rotatable bonds is 1. The maximum atomic E-state index is 9.15. The van der Waals surface area contributed by atoms with E-state index in [1.54, 1.807) is 12.1 Å². The molecule has 2 N–H and O–H groups in total. The van der Waals surface area contributed by atoms with Crippen LogP contribution in [0.2, 0.25) is 0 Å². The van der Waals surface area contributed by atoms with E-state index in [0.717, 1.165) is 11.1 Å². The van der Waals surface area contributed by atoms with Crippen molar-refractivity contribution in [2.24, 2.45) is 0 Å². The summed E-state index contributed by atoms with van der Waals surface area (Å²) in [4.78, 5) is 0. The Morgan fingerprint density at radius 1 is 1.00 bits per heavy atom. The van der Waals surface area contributed by atoms with E-state index < -0.39 is 0 Å². The van der Waals surface area contributed by atoms with Gasteiger partial charge < -0.3 is 10.4 Å². The third-order valence-corrected chi connectivity index (χ3v) is 2.03. The van der Waals surface area contributed by atoms with E-state index in [1.165, 1.54) is 0 Å². The normalized spacial score (nSPS) is 14.4. The summed E-state index contributed by atoms with van der Waals surface area (Å²) >= 11 is 0. The number of hydrogen-bond donors (Lipinski definition) is 2. The number of allylic oxidation sites excluding steroid dienone is 4. The first-order valence-electron chi connectivity index (χ1n) is 4.45. The lowest BCUT2D eigenvalue weighted by Gasteiger charge is -2.00. The van der Waals surface area contributed by atoms with Gasteiger partial charge in [0.05, 0.1) is 0 Å². The maximum absolute atomic E-state index is 9.15. The zero-order valence-electron chi connectivity index (χ0n) is 7.64. The summed E-state index contributed by atoms with van der Waals surface area (Å²) in [6.45, 7) is 0. The van der Waals surface area contributed by atoms with Crippen LogP contribution in [-0.2, 0) is 0 Å². The summed E-state index contributed by atoms with van der Waals surface area (Å²) in [6.07, 6.45) is 9.70. The molecule has 1 aromatic rings. The van der Waals surface area contributed by atoms with Gasteiger partial charge in [0.1, 0.15) is 5.75 Å². The molecule has 14 heavy (non-hydrogen) atoms. The maximum Gasteiger partial charge on any atom is 0.115 e. The molecule has 2 rings (SSSR count). The lowest BCUT2D eigenvalue weighted by Crippen LogP contribution is -1.88. The Kier molecular flexibility index (Phi) is 2.36. The topological polar surface area (TPSA) is 32.3 Å². The molecule has 2 nitrogen and oxygen atoms in total. The van der Waals surface area contributed by atoms with Crippen LogP contribution in [0.25, 0.3) is 5.57 Å². The van der Waals surface area contributed by atoms with Crippen LogP contribution < -0.4 is 5.32 Å². The molecule has 0 unspecified atom stereocenters. The Morgan fingerprint density at radius 3 is 2.57 bits per heavy atom. The van der Waals surface area contributed by atoms with E-state index in [4.69, 9.17) is 5.11 Å². The molecule has 2 heteroatoms. The van der Waals surface area contributed by atoms with Crippen LogP contribution in [0.3, 0.4) is 0 Å². The zero-order valence-corrected chi connectivity index (χ0v) is 7.64. The van der Waals surface area contributed by atoms with Crippen LogP contribution in [0.5, 0.6) is 5.75 Å². The molecule has 1 aromatic carbocycles. The minimum atomic E-state index is 0.292. The third-order valence-electron chi connectivity index (χ3n) is 2.03. The van der Waals surface area contributed by atoms with Gasteiger partial charge in [0.2, 0.25) is 0 Å². The van der Waals surface area contributed by atoms with E-state index in [1.807, 2.05) is 42.8 Å². The smallest absolute Gasteiger partial charge is 0.115 e. The van der Waals surface area contributed by atoms with Gasteiger partial charge in [0, 0.05) is 12.4 Å². The van der Waals surface area contributed by atoms with Crippen molar-refractivity contribution in [1.29, 1.82) is 0 Å². The molecule has 0 spiro atoms. The van der Waals surface area contributed by atoms with Crippen molar-refractivity contribution in [3.8, 4) is 5.75 Å². The van der Waals surface area contributed by atoms with Crippen LogP contribution in [0.1, 0.15) is 5.56 Å². The van der Waals surface area contributed by atoms with Crippen molar-refractivity contribution >= 4 is 5.57 Å². The molecule has 1 heterocycles. The molecular formula is C12H11NO. The van der Waals surface area contributed by atoms with E-state index >= 15 is 0 Å². The number of hydrogen-bond acceptors (Lipinski definition) is 2. The summed E-state index contributed by atoms with van der Waals surface area (Å²) in [6, 6.07) is 7.16. The van der Waals surface area contributed by atoms with Crippen LogP contribution in [0.15, 0.2) is 54.9 Å². The first kappa shape index (κ1) is 8.63. The number of phenolic OH excluding ortho intramolecular Hbond substituents is 1. The molecule has 70 valence electrons. The number of nitrogens with one attached hydrogen (secondary N) is 1. The van der Waals surface area contributed by atoms with Gasteiger partial charge in [-0.2, -0.15) is 0 Å². The van der Waals surface area contributed by atoms with Crippen molar-refractivity contribution in [3.63, 3.8) is 0 Å². The Labute approximate surface area is 82.9 Å². The predicted octanol–water partition coefficient (Wildman–Crippen LogP) is 2.41. The molecule has 0 fully saturated rings. The van der Waals surface area contributed by atoms with Gasteiger partial charge >= 0.3 is 0 Å². The van der Waals surface area contributed by atoms with Crippen LogP contribution in [0.4, 0.5) is 0 Å². The fraction of sp³-hybridized carbons (Fsp3) is 0. The third kappa shape index (κ3) is 1.85. The SMILES string of the molecule is Oc1ccc(C2=CC=CNC=C2)cc1. The lowest BCUT2D eigenvalue weighted by molar-refractivity contribution is 0.475. The van der Waals surface area contributed by atoms with Crippen molar-refractivity contribution in [2.45, 2.75) is 0 Å². The van der Waals surface area contributed by atoms with Crippen molar-refractivity contribution in [3.05, 3.63) is 60.5 Å². The molecule has 0 bridgehead atoms. The molecule has 0 saturated heterocycles. The van der Waals surface area contributed by atoms with Gasteiger partial charge in [-0.25, -0.2) is 0 Å². The molecule has 1 aliphatic heterocycles. The zero-order chi connectivity index (χ0) is 9.80. The highest BCUT2D eigenvalue weighted by Gasteiger charge is 1.97. The fourth-order valence-corrected chi connectivity index (χ4v) is 1.30. The van der Waals surface area contributed by atoms with Crippen molar-refractivity contribution in [1.82, 2.24) is 5.32 Å². The van der Waals surface area contributed by atoms with Gasteiger partial charge in [0.25, 0.3) is 0 Å². The largest absolute Gasteiger partial charge is 0.508 e. The Balaban J connectivity index is 2.34. The Bertz CT molecular complexity index is 399. The van der Waals surface area contributed by atoms with Crippen LogP contribution in [0, 0.1) is 0 Å². The highest BCUT2D eigenvalue weighted by molar-refractivity contribution is 5.75. The summed E-state index contributed by atoms with van der Waals surface area (Å²) in [5.74, 6) is 0.292. The summed E-state index contributed by atoms with van der Waals surface area (Å²) in [5.41, 5.74) is 2.21. The molecule has 0 amide bonds. The van der Waals surface area contributed by atoms with Crippen LogP contribution in [-0.4, -0.2) is 5.11 Å². The number of benzene rings is 1. The second-order valence-corrected chi connectivity index (χ2v) is 3.03. The first-order chi connectivity index (χ1) is 6.86. The van der Waals surface area contributed by atoms with Gasteiger partial charge in [-0.05, 0) is 35.4 Å². The van der Waals surface area contributed by atoms with Gasteiger partial charge in [-0.1, -0.05) is 18.2 Å². The van der Waals surface area contributed by atoms with Gasteiger partial charge in [-0.3, -0.25) is 0 Å². The van der Waals surface area contributed by atoms with E-state index in [0.29, 0.717) is 5.75 Å². The van der Waals surface area contributed by atoms with Crippen molar-refractivity contribution in [2.75, 3.05) is 0 Å². The molecule has 0 aromatic heterocycles. The Morgan fingerprint density at radius 2 is 1.79 bits per heavy atom. The fourth-order valence-electron chi connectivity index (χ4n) is 1.30. The van der Waals surface area contributed by atoms with E-state index in [9.17, 15) is 0 Å². The number of aromatic hydroxyl groups is 1. The van der Waals surface area contributed by atoms with Gasteiger partial charge in [0.15, 0.2) is 0 Å². The standard InChI is InChI=1S/C12H11NO/c14-12-5-3-11(4-6-12)10-2-1-8-13-9-7-10/h1-9,13-14H. The molecule has 0 saturated carbocycles. The Hall–Kier alpha value is -1.96. The summed E-state index contributed by atoms with van der Waals surface area (Å²) < 4.78 is 0. The minimum absolute atomic E-state index is 0.292. The second-order valence-electron chi connectivity index (χ2n) is 3.03. The molecule has 0 aliphatic carbocycles. The highest BCUT2D eigenvalue weighted by Crippen LogP contribution is 2.19. The second kappa shape index (κ2) is 3.83. The molecule has 0 radical (unpaired) electrons. The van der Waals surface area contributed by atoms with E-state index in [2.05, 4.69) is 5.32 Å². The predicted molar refractivity (Wildman–Crippen MR) is 57.5 cm³/mol.